The number of fused-ring (bicyclic) bond motifs is 1. The van der Waals surface area contributed by atoms with Crippen LogP contribution in [0.5, 0.6) is 5.75 Å². The third kappa shape index (κ3) is 2.19. The van der Waals surface area contributed by atoms with Crippen molar-refractivity contribution >= 4 is 10.8 Å². The maximum absolute atomic E-state index is 5.79. The van der Waals surface area contributed by atoms with E-state index in [1.165, 1.54) is 22.8 Å². The lowest BCUT2D eigenvalue weighted by molar-refractivity contribution is 0.308. The van der Waals surface area contributed by atoms with Crippen molar-refractivity contribution in [3.63, 3.8) is 0 Å². The summed E-state index contributed by atoms with van der Waals surface area (Å²) in [5.41, 5.74) is 1.24. The second kappa shape index (κ2) is 5.02. The van der Waals surface area contributed by atoms with E-state index in [0.717, 1.165) is 18.8 Å². The van der Waals surface area contributed by atoms with Gasteiger partial charge in [0.1, 0.15) is 5.75 Å². The van der Waals surface area contributed by atoms with Crippen molar-refractivity contribution in [2.24, 2.45) is 0 Å². The Labute approximate surface area is 97.1 Å². The first-order chi connectivity index (χ1) is 7.83. The van der Waals surface area contributed by atoms with Crippen molar-refractivity contribution < 1.29 is 4.74 Å². The average Bonchev–Trinajstić information content (AvgIpc) is 2.33. The summed E-state index contributed by atoms with van der Waals surface area (Å²) >= 11 is 0. The van der Waals surface area contributed by atoms with Gasteiger partial charge in [0.2, 0.25) is 0 Å². The molecular weight excluding hydrogens is 196 g/mol. The van der Waals surface area contributed by atoms with E-state index in [1.54, 1.807) is 0 Å². The van der Waals surface area contributed by atoms with Crippen LogP contribution in [0.4, 0.5) is 0 Å². The van der Waals surface area contributed by atoms with Crippen LogP contribution in [0.1, 0.15) is 25.3 Å². The Morgan fingerprint density at radius 2 is 1.88 bits per heavy atom. The maximum atomic E-state index is 5.79. The molecule has 0 aliphatic heterocycles. The van der Waals surface area contributed by atoms with Gasteiger partial charge in [-0.25, -0.2) is 0 Å². The second-order valence-electron chi connectivity index (χ2n) is 4.11. The third-order valence-electron chi connectivity index (χ3n) is 2.90. The predicted octanol–water partition coefficient (Wildman–Crippen LogP) is 4.33. The van der Waals surface area contributed by atoms with Crippen LogP contribution in [-0.4, -0.2) is 6.61 Å². The molecule has 2 aromatic carbocycles. The number of hydrogen-bond donors (Lipinski definition) is 0. The number of aryl methyl sites for hydroxylation is 1. The lowest BCUT2D eigenvalue weighted by Crippen LogP contribution is -1.98. The van der Waals surface area contributed by atoms with Gasteiger partial charge in [-0.15, -0.1) is 0 Å². The molecule has 0 saturated heterocycles. The smallest absolute Gasteiger partial charge is 0.122 e. The van der Waals surface area contributed by atoms with Gasteiger partial charge >= 0.3 is 0 Å². The highest BCUT2D eigenvalue weighted by molar-refractivity contribution is 5.87. The third-order valence-corrected chi connectivity index (χ3v) is 2.90. The van der Waals surface area contributed by atoms with E-state index in [9.17, 15) is 0 Å². The first-order valence-corrected chi connectivity index (χ1v) is 5.94. The van der Waals surface area contributed by atoms with E-state index in [1.807, 2.05) is 0 Å². The molecule has 0 aliphatic rings. The summed E-state index contributed by atoms with van der Waals surface area (Å²) in [6.45, 7) is 5.12. The molecule has 0 amide bonds. The standard InChI is InChI=1S/C15H18O/c1-3-4-11-16-15-10-9-13-7-5-6-8-14(13)12(15)2/h5-10H,3-4,11H2,1-2H3. The highest BCUT2D eigenvalue weighted by Gasteiger charge is 2.03. The Morgan fingerprint density at radius 1 is 1.06 bits per heavy atom. The lowest BCUT2D eigenvalue weighted by Gasteiger charge is -2.10. The van der Waals surface area contributed by atoms with Gasteiger partial charge < -0.3 is 4.74 Å². The Kier molecular flexibility index (Phi) is 3.45. The van der Waals surface area contributed by atoms with Crippen LogP contribution in [-0.2, 0) is 0 Å². The van der Waals surface area contributed by atoms with E-state index in [0.29, 0.717) is 0 Å². The summed E-state index contributed by atoms with van der Waals surface area (Å²) in [4.78, 5) is 0. The van der Waals surface area contributed by atoms with Crippen LogP contribution in [0.2, 0.25) is 0 Å². The number of ether oxygens (including phenoxy) is 1. The first kappa shape index (κ1) is 11.0. The Balaban J connectivity index is 2.29. The van der Waals surface area contributed by atoms with Crippen molar-refractivity contribution in [2.45, 2.75) is 26.7 Å². The molecule has 0 spiro atoms. The van der Waals surface area contributed by atoms with Gasteiger partial charge in [-0.3, -0.25) is 0 Å². The number of benzene rings is 2. The van der Waals surface area contributed by atoms with Crippen LogP contribution >= 0.6 is 0 Å². The molecule has 16 heavy (non-hydrogen) atoms. The van der Waals surface area contributed by atoms with Gasteiger partial charge in [0, 0.05) is 0 Å². The molecule has 1 nitrogen and oxygen atoms in total. The van der Waals surface area contributed by atoms with Crippen molar-refractivity contribution in [3.8, 4) is 5.75 Å². The minimum absolute atomic E-state index is 0.815. The molecule has 0 atom stereocenters. The summed E-state index contributed by atoms with van der Waals surface area (Å²) in [6.07, 6.45) is 2.29. The molecule has 0 unspecified atom stereocenters. The normalized spacial score (nSPS) is 10.6. The Morgan fingerprint density at radius 3 is 2.69 bits per heavy atom. The van der Waals surface area contributed by atoms with Crippen molar-refractivity contribution in [2.75, 3.05) is 6.61 Å². The Hall–Kier alpha value is -1.50. The molecule has 0 heterocycles. The van der Waals surface area contributed by atoms with E-state index in [-0.39, 0.29) is 0 Å². The fourth-order valence-corrected chi connectivity index (χ4v) is 1.89. The zero-order valence-corrected chi connectivity index (χ0v) is 9.99. The number of hydrogen-bond acceptors (Lipinski definition) is 1. The number of rotatable bonds is 4. The summed E-state index contributed by atoms with van der Waals surface area (Å²) in [5.74, 6) is 1.02. The highest BCUT2D eigenvalue weighted by Crippen LogP contribution is 2.27. The van der Waals surface area contributed by atoms with Crippen LogP contribution in [0.3, 0.4) is 0 Å². The van der Waals surface area contributed by atoms with E-state index in [2.05, 4.69) is 50.2 Å². The van der Waals surface area contributed by atoms with E-state index in [4.69, 9.17) is 4.74 Å². The molecule has 0 fully saturated rings. The van der Waals surface area contributed by atoms with Crippen molar-refractivity contribution in [1.82, 2.24) is 0 Å². The molecule has 2 aromatic rings. The summed E-state index contributed by atoms with van der Waals surface area (Å²) in [7, 11) is 0. The van der Waals surface area contributed by atoms with E-state index >= 15 is 0 Å². The minimum Gasteiger partial charge on any atom is -0.493 e. The first-order valence-electron chi connectivity index (χ1n) is 5.94. The molecule has 2 rings (SSSR count). The van der Waals surface area contributed by atoms with Crippen molar-refractivity contribution in [1.29, 1.82) is 0 Å². The molecule has 0 N–H and O–H groups in total. The monoisotopic (exact) mass is 214 g/mol. The minimum atomic E-state index is 0.815. The summed E-state index contributed by atoms with van der Waals surface area (Å²) in [5, 5.41) is 2.57. The highest BCUT2D eigenvalue weighted by atomic mass is 16.5. The van der Waals surface area contributed by atoms with Gasteiger partial charge in [0.25, 0.3) is 0 Å². The van der Waals surface area contributed by atoms with Gasteiger partial charge in [-0.1, -0.05) is 43.7 Å². The van der Waals surface area contributed by atoms with Crippen molar-refractivity contribution in [3.05, 3.63) is 42.0 Å². The average molecular weight is 214 g/mol. The molecule has 0 aromatic heterocycles. The molecule has 1 heteroatoms. The SMILES string of the molecule is CCCCOc1ccc2ccccc2c1C. The fourth-order valence-electron chi connectivity index (χ4n) is 1.89. The zero-order valence-electron chi connectivity index (χ0n) is 9.99. The van der Waals surface area contributed by atoms with E-state index < -0.39 is 0 Å². The topological polar surface area (TPSA) is 9.23 Å². The zero-order chi connectivity index (χ0) is 11.4. The van der Waals surface area contributed by atoms with Gasteiger partial charge in [0.15, 0.2) is 0 Å². The quantitative estimate of drug-likeness (QED) is 0.688. The maximum Gasteiger partial charge on any atom is 0.122 e. The molecular formula is C15H18O. The van der Waals surface area contributed by atoms with Crippen LogP contribution in [0.25, 0.3) is 10.8 Å². The molecule has 0 aliphatic carbocycles. The fraction of sp³-hybridized carbons (Fsp3) is 0.333. The van der Waals surface area contributed by atoms with Gasteiger partial charge in [0.05, 0.1) is 6.61 Å². The number of unbranched alkanes of at least 4 members (excludes halogenated alkanes) is 1. The molecule has 0 bridgehead atoms. The van der Waals surface area contributed by atoms with Crippen LogP contribution < -0.4 is 4.74 Å². The van der Waals surface area contributed by atoms with Gasteiger partial charge in [-0.2, -0.15) is 0 Å². The largest absolute Gasteiger partial charge is 0.493 e. The summed E-state index contributed by atoms with van der Waals surface area (Å²) < 4.78 is 5.79. The molecule has 0 saturated carbocycles. The predicted molar refractivity (Wildman–Crippen MR) is 69.1 cm³/mol. The van der Waals surface area contributed by atoms with Gasteiger partial charge in [-0.05, 0) is 35.7 Å². The molecule has 84 valence electrons. The lowest BCUT2D eigenvalue weighted by atomic mass is 10.0. The second-order valence-corrected chi connectivity index (χ2v) is 4.11. The Bertz CT molecular complexity index is 474. The van der Waals surface area contributed by atoms with Crippen LogP contribution in [0, 0.1) is 6.92 Å². The molecule has 0 radical (unpaired) electrons. The summed E-state index contributed by atoms with van der Waals surface area (Å²) in [6, 6.07) is 12.6. The van der Waals surface area contributed by atoms with Crippen LogP contribution in [0.15, 0.2) is 36.4 Å².